The molecule has 1 N–H and O–H groups in total. The van der Waals surface area contributed by atoms with Crippen LogP contribution in [0.2, 0.25) is 0 Å². The number of anilines is 1. The minimum Gasteiger partial charge on any atom is -0.419 e. The van der Waals surface area contributed by atoms with Gasteiger partial charge >= 0.3 is 11.9 Å². The van der Waals surface area contributed by atoms with Crippen LogP contribution in [0.25, 0.3) is 0 Å². The highest BCUT2D eigenvalue weighted by Gasteiger charge is 2.38. The quantitative estimate of drug-likeness (QED) is 0.372. The van der Waals surface area contributed by atoms with Crippen molar-refractivity contribution in [1.29, 1.82) is 0 Å². The maximum Gasteiger partial charge on any atom is 0.350 e. The summed E-state index contributed by atoms with van der Waals surface area (Å²) >= 11 is 0. The fourth-order valence-corrected chi connectivity index (χ4v) is 2.41. The second-order valence-electron chi connectivity index (χ2n) is 6.42. The number of carbonyl (C=O) groups is 2. The first-order chi connectivity index (χ1) is 12.8. The number of hydrogen-bond donors (Lipinski definition) is 1. The molecule has 2 aromatic rings. The van der Waals surface area contributed by atoms with Crippen molar-refractivity contribution in [2.45, 2.75) is 26.6 Å². The van der Waals surface area contributed by atoms with Crippen molar-refractivity contribution in [3.63, 3.8) is 0 Å². The molecule has 1 heterocycles. The van der Waals surface area contributed by atoms with Crippen LogP contribution in [0.3, 0.4) is 0 Å². The van der Waals surface area contributed by atoms with E-state index in [0.29, 0.717) is 11.4 Å². The zero-order chi connectivity index (χ0) is 19.4. The van der Waals surface area contributed by atoms with Gasteiger partial charge in [0.2, 0.25) is 0 Å². The van der Waals surface area contributed by atoms with Gasteiger partial charge in [-0.2, -0.15) is 10.2 Å². The molecule has 1 aliphatic rings. The number of carbonyl (C=O) groups excluding carboxylic acids is 2. The first kappa shape index (κ1) is 18.3. The van der Waals surface area contributed by atoms with Crippen LogP contribution in [-0.2, 0) is 19.1 Å². The Bertz CT molecular complexity index is 911. The molecule has 7 heteroatoms. The Morgan fingerprint density at radius 3 is 2.19 bits per heavy atom. The molecule has 138 valence electrons. The van der Waals surface area contributed by atoms with Gasteiger partial charge in [0.05, 0.1) is 11.4 Å². The summed E-state index contributed by atoms with van der Waals surface area (Å²) in [6, 6.07) is 14.8. The smallest absolute Gasteiger partial charge is 0.350 e. The molecule has 0 amide bonds. The van der Waals surface area contributed by atoms with Gasteiger partial charge in [0, 0.05) is 25.7 Å². The van der Waals surface area contributed by atoms with E-state index in [9.17, 15) is 9.59 Å². The number of rotatable bonds is 4. The Kier molecular flexibility index (Phi) is 5.03. The minimum atomic E-state index is -1.26. The molecule has 0 spiro atoms. The lowest BCUT2D eigenvalue weighted by atomic mass is 10.1. The lowest BCUT2D eigenvalue weighted by Crippen LogP contribution is -2.42. The van der Waals surface area contributed by atoms with Gasteiger partial charge in [0.15, 0.2) is 5.57 Å². The van der Waals surface area contributed by atoms with E-state index >= 15 is 0 Å². The monoisotopic (exact) mass is 365 g/mol. The topological polar surface area (TPSA) is 89.3 Å². The second kappa shape index (κ2) is 7.41. The van der Waals surface area contributed by atoms with Gasteiger partial charge in [-0.3, -0.25) is 0 Å². The molecular weight excluding hydrogens is 346 g/mol. The van der Waals surface area contributed by atoms with Gasteiger partial charge in [-0.1, -0.05) is 18.2 Å². The molecule has 0 aliphatic carbocycles. The number of aryl methyl sites for hydroxylation is 1. The largest absolute Gasteiger partial charge is 0.419 e. The van der Waals surface area contributed by atoms with Crippen LogP contribution in [0.5, 0.6) is 0 Å². The second-order valence-corrected chi connectivity index (χ2v) is 6.42. The van der Waals surface area contributed by atoms with Gasteiger partial charge in [-0.15, -0.1) is 0 Å². The first-order valence-corrected chi connectivity index (χ1v) is 8.35. The SMILES string of the molecule is Cc1cc(N=Nc2ccccc2)ccc1NC=C1C(=O)OC(C)(C)OC1=O. The summed E-state index contributed by atoms with van der Waals surface area (Å²) in [5.74, 6) is -2.71. The van der Waals surface area contributed by atoms with E-state index in [4.69, 9.17) is 9.47 Å². The van der Waals surface area contributed by atoms with Crippen LogP contribution < -0.4 is 5.32 Å². The van der Waals surface area contributed by atoms with E-state index in [1.54, 1.807) is 12.1 Å². The molecule has 1 fully saturated rings. The third-order valence-electron chi connectivity index (χ3n) is 3.74. The Morgan fingerprint density at radius 1 is 0.926 bits per heavy atom. The molecule has 0 saturated carbocycles. The highest BCUT2D eigenvalue weighted by Crippen LogP contribution is 2.26. The van der Waals surface area contributed by atoms with Crippen molar-refractivity contribution in [2.75, 3.05) is 5.32 Å². The van der Waals surface area contributed by atoms with Crippen LogP contribution in [-0.4, -0.2) is 17.7 Å². The molecule has 27 heavy (non-hydrogen) atoms. The molecule has 0 aromatic heterocycles. The number of azo groups is 1. The molecule has 1 saturated heterocycles. The molecule has 0 unspecified atom stereocenters. The van der Waals surface area contributed by atoms with Crippen LogP contribution in [0, 0.1) is 6.92 Å². The Balaban J connectivity index is 1.72. The average molecular weight is 365 g/mol. The Hall–Kier alpha value is -3.48. The van der Waals surface area contributed by atoms with Crippen molar-refractivity contribution in [2.24, 2.45) is 10.2 Å². The molecule has 1 aliphatic heterocycles. The van der Waals surface area contributed by atoms with Crippen molar-refractivity contribution < 1.29 is 19.1 Å². The summed E-state index contributed by atoms with van der Waals surface area (Å²) in [5, 5.41) is 11.3. The molecule has 0 bridgehead atoms. The molecule has 7 nitrogen and oxygen atoms in total. The number of cyclic esters (lactones) is 2. The van der Waals surface area contributed by atoms with Gasteiger partial charge in [-0.05, 0) is 42.8 Å². The molecule has 0 radical (unpaired) electrons. The summed E-state index contributed by atoms with van der Waals surface area (Å²) < 4.78 is 10.1. The Morgan fingerprint density at radius 2 is 1.56 bits per heavy atom. The fourth-order valence-electron chi connectivity index (χ4n) is 2.41. The van der Waals surface area contributed by atoms with Crippen LogP contribution >= 0.6 is 0 Å². The lowest BCUT2D eigenvalue weighted by Gasteiger charge is -2.29. The van der Waals surface area contributed by atoms with Gasteiger partial charge in [0.25, 0.3) is 5.79 Å². The van der Waals surface area contributed by atoms with E-state index in [-0.39, 0.29) is 5.57 Å². The van der Waals surface area contributed by atoms with Gasteiger partial charge in [-0.25, -0.2) is 9.59 Å². The van der Waals surface area contributed by atoms with Crippen molar-refractivity contribution in [3.8, 4) is 0 Å². The summed E-state index contributed by atoms with van der Waals surface area (Å²) in [5.41, 5.74) is 2.84. The predicted molar refractivity (Wildman–Crippen MR) is 99.8 cm³/mol. The number of nitrogens with zero attached hydrogens (tertiary/aromatic N) is 2. The number of ether oxygens (including phenoxy) is 2. The van der Waals surface area contributed by atoms with Gasteiger partial charge in [0.1, 0.15) is 0 Å². The Labute approximate surface area is 156 Å². The molecule has 2 aromatic carbocycles. The maximum absolute atomic E-state index is 11.9. The molecular formula is C20H19N3O4. The number of benzene rings is 2. The summed E-state index contributed by atoms with van der Waals surface area (Å²) in [7, 11) is 0. The third-order valence-corrected chi connectivity index (χ3v) is 3.74. The number of esters is 2. The third kappa shape index (κ3) is 4.58. The van der Waals surface area contributed by atoms with Crippen molar-refractivity contribution in [1.82, 2.24) is 0 Å². The predicted octanol–water partition coefficient (Wildman–Crippen LogP) is 4.54. The number of hydrogen-bond acceptors (Lipinski definition) is 7. The molecule has 3 rings (SSSR count). The highest BCUT2D eigenvalue weighted by molar-refractivity contribution is 6.15. The maximum atomic E-state index is 11.9. The van der Waals surface area contributed by atoms with E-state index in [0.717, 1.165) is 11.3 Å². The highest BCUT2D eigenvalue weighted by atomic mass is 16.7. The normalized spacial score (nSPS) is 16.0. The fraction of sp³-hybridized carbons (Fsp3) is 0.200. The first-order valence-electron chi connectivity index (χ1n) is 8.35. The minimum absolute atomic E-state index is 0.193. The average Bonchev–Trinajstić information content (AvgIpc) is 2.60. The van der Waals surface area contributed by atoms with E-state index < -0.39 is 17.7 Å². The van der Waals surface area contributed by atoms with E-state index in [1.807, 2.05) is 43.3 Å². The zero-order valence-corrected chi connectivity index (χ0v) is 15.2. The van der Waals surface area contributed by atoms with Crippen LogP contribution in [0.15, 0.2) is 70.5 Å². The van der Waals surface area contributed by atoms with Crippen molar-refractivity contribution in [3.05, 3.63) is 65.9 Å². The van der Waals surface area contributed by atoms with E-state index in [2.05, 4.69) is 15.5 Å². The van der Waals surface area contributed by atoms with E-state index in [1.165, 1.54) is 20.0 Å². The summed E-state index contributed by atoms with van der Waals surface area (Å²) in [6.07, 6.45) is 1.29. The number of nitrogens with one attached hydrogen (secondary N) is 1. The van der Waals surface area contributed by atoms with Crippen LogP contribution in [0.1, 0.15) is 19.4 Å². The van der Waals surface area contributed by atoms with Crippen LogP contribution in [0.4, 0.5) is 17.1 Å². The zero-order valence-electron chi connectivity index (χ0n) is 15.2. The van der Waals surface area contributed by atoms with Crippen molar-refractivity contribution >= 4 is 29.0 Å². The van der Waals surface area contributed by atoms with Gasteiger partial charge < -0.3 is 14.8 Å². The summed E-state index contributed by atoms with van der Waals surface area (Å²) in [4.78, 5) is 23.9. The molecule has 0 atom stereocenters. The standard InChI is InChI=1S/C20H19N3O4/c1-13-11-15(23-22-14-7-5-4-6-8-14)9-10-17(13)21-12-16-18(24)26-20(2,3)27-19(16)25/h4-12,21H,1-3H3. The summed E-state index contributed by atoms with van der Waals surface area (Å²) in [6.45, 7) is 4.88. The lowest BCUT2D eigenvalue weighted by molar-refractivity contribution is -0.222.